The van der Waals surface area contributed by atoms with Crippen LogP contribution in [-0.2, 0) is 17.5 Å². The van der Waals surface area contributed by atoms with Gasteiger partial charge in [-0.05, 0) is 21.5 Å². The molecule has 0 spiro atoms. The van der Waals surface area contributed by atoms with Crippen LogP contribution in [0.5, 0.6) is 17.2 Å². The predicted octanol–water partition coefficient (Wildman–Crippen LogP) is 8.42. The number of halogens is 3. The van der Waals surface area contributed by atoms with Crippen molar-refractivity contribution in [1.82, 2.24) is 9.55 Å². The minimum atomic E-state index is -4.56. The highest BCUT2D eigenvalue weighted by molar-refractivity contribution is 7.16. The molecule has 0 fully saturated rings. The molecule has 7 nitrogen and oxygen atoms in total. The van der Waals surface area contributed by atoms with Crippen molar-refractivity contribution in [3.63, 3.8) is 0 Å². The molecule has 0 bridgehead atoms. The third-order valence-corrected chi connectivity index (χ3v) is 14.5. The van der Waals surface area contributed by atoms with Crippen LogP contribution >= 0.6 is 11.3 Å². The first-order valence-electron chi connectivity index (χ1n) is 15.7. The number of nitrogens with zero attached hydrogens (tertiary/aromatic N) is 2. The Morgan fingerprint density at radius 3 is 2.02 bits per heavy atom. The second kappa shape index (κ2) is 13.7. The van der Waals surface area contributed by atoms with E-state index in [1.54, 1.807) is 30.1 Å². The highest BCUT2D eigenvalue weighted by atomic mass is 32.1. The molecule has 6 aromatic rings. The molecule has 0 saturated carbocycles. The third kappa shape index (κ3) is 6.48. The van der Waals surface area contributed by atoms with Gasteiger partial charge in [0, 0.05) is 23.8 Å². The van der Waals surface area contributed by atoms with E-state index in [9.17, 15) is 18.0 Å². The highest BCUT2D eigenvalue weighted by Crippen LogP contribution is 2.43. The van der Waals surface area contributed by atoms with Crippen LogP contribution in [0.4, 0.5) is 13.2 Å². The Bertz CT molecular complexity index is 2090. The Labute approximate surface area is 293 Å². The Morgan fingerprint density at radius 1 is 0.820 bits per heavy atom. The summed E-state index contributed by atoms with van der Waals surface area (Å²) in [7, 11) is -0.239. The second-order valence-electron chi connectivity index (χ2n) is 12.6. The van der Waals surface area contributed by atoms with Gasteiger partial charge in [-0.1, -0.05) is 99.6 Å². The van der Waals surface area contributed by atoms with Crippen molar-refractivity contribution in [3.8, 4) is 22.2 Å². The summed E-state index contributed by atoms with van der Waals surface area (Å²) in [4.78, 5) is 17.6. The molecule has 0 amide bonds. The standard InChI is InChI=1S/C38H35F3N2O5SSi/c1-37(2,3)50(26-15-8-6-9-16-26,27-17-10-7-11-18-27)48-32-21-30-29(20-31(32)45-4)42-24-43(30)34-22-33(35(49-34)36(44)46-5)47-23-25-14-12-13-19-28(25)38(39,40)41/h6-22,24H,23H2,1-5H3. The molecule has 12 heteroatoms. The normalized spacial score (nSPS) is 12.2. The van der Waals surface area contributed by atoms with E-state index in [0.29, 0.717) is 27.5 Å². The van der Waals surface area contributed by atoms with Crippen LogP contribution in [-0.4, -0.2) is 38.1 Å². The third-order valence-electron chi connectivity index (χ3n) is 8.51. The zero-order valence-electron chi connectivity index (χ0n) is 28.1. The Balaban J connectivity index is 1.46. The van der Waals surface area contributed by atoms with Crippen LogP contribution in [0, 0.1) is 0 Å². The van der Waals surface area contributed by atoms with E-state index < -0.39 is 32.6 Å². The van der Waals surface area contributed by atoms with E-state index in [0.717, 1.165) is 27.8 Å². The first kappa shape index (κ1) is 34.8. The second-order valence-corrected chi connectivity index (χ2v) is 17.8. The van der Waals surface area contributed by atoms with Gasteiger partial charge in [0.25, 0.3) is 0 Å². The molecular weight excluding hydrogens is 682 g/mol. The maximum absolute atomic E-state index is 13.7. The number of esters is 1. The SMILES string of the molecule is COC(=O)c1sc(-n2cnc3cc(OC)c(O[Si](c4ccccc4)(c4ccccc4)C(C)(C)C)cc32)cc1OCc1ccccc1C(F)(F)F. The molecule has 0 radical (unpaired) electrons. The molecule has 0 aliphatic carbocycles. The number of hydrogen-bond acceptors (Lipinski definition) is 7. The van der Waals surface area contributed by atoms with Gasteiger partial charge in [0.15, 0.2) is 10.6 Å². The summed E-state index contributed by atoms with van der Waals surface area (Å²) < 4.78 is 66.8. The molecule has 2 heterocycles. The van der Waals surface area contributed by atoms with Gasteiger partial charge in [-0.2, -0.15) is 13.2 Å². The van der Waals surface area contributed by atoms with E-state index in [2.05, 4.69) is 50.0 Å². The molecule has 0 aliphatic rings. The molecule has 0 aliphatic heterocycles. The number of methoxy groups -OCH3 is 2. The maximum Gasteiger partial charge on any atom is 0.416 e. The number of carbonyl (C=O) groups is 1. The van der Waals surface area contributed by atoms with E-state index >= 15 is 0 Å². The van der Waals surface area contributed by atoms with E-state index in [4.69, 9.17) is 18.6 Å². The van der Waals surface area contributed by atoms with Gasteiger partial charge < -0.3 is 18.6 Å². The molecule has 0 saturated heterocycles. The van der Waals surface area contributed by atoms with Gasteiger partial charge in [0.2, 0.25) is 0 Å². The van der Waals surface area contributed by atoms with Crippen molar-refractivity contribution in [3.05, 3.63) is 125 Å². The van der Waals surface area contributed by atoms with E-state index in [-0.39, 0.29) is 21.2 Å². The number of imidazole rings is 1. The zero-order valence-corrected chi connectivity index (χ0v) is 29.9. The summed E-state index contributed by atoms with van der Waals surface area (Å²) in [6, 6.07) is 30.9. The molecule has 0 unspecified atom stereocenters. The predicted molar refractivity (Wildman–Crippen MR) is 191 cm³/mol. The molecule has 0 N–H and O–H groups in total. The number of alkyl halides is 3. The van der Waals surface area contributed by atoms with Crippen LogP contribution < -0.4 is 24.3 Å². The fourth-order valence-electron chi connectivity index (χ4n) is 6.15. The van der Waals surface area contributed by atoms with Crippen molar-refractivity contribution in [1.29, 1.82) is 0 Å². The lowest BCUT2D eigenvalue weighted by molar-refractivity contribution is -0.138. The Kier molecular flexibility index (Phi) is 9.51. The largest absolute Gasteiger partial charge is 0.531 e. The van der Waals surface area contributed by atoms with Gasteiger partial charge in [-0.25, -0.2) is 9.78 Å². The molecule has 2 aromatic heterocycles. The quantitative estimate of drug-likeness (QED) is 0.105. The monoisotopic (exact) mass is 716 g/mol. The van der Waals surface area contributed by atoms with Crippen LogP contribution in [0.3, 0.4) is 0 Å². The summed E-state index contributed by atoms with van der Waals surface area (Å²) in [5, 5.41) is 2.39. The number of thiophene rings is 1. The van der Waals surface area contributed by atoms with Crippen molar-refractivity contribution in [2.45, 2.75) is 38.6 Å². The van der Waals surface area contributed by atoms with Crippen molar-refractivity contribution in [2.75, 3.05) is 14.2 Å². The number of rotatable bonds is 10. The summed E-state index contributed by atoms with van der Waals surface area (Å²) in [5.41, 5.74) is 0.392. The molecule has 0 atom stereocenters. The fraction of sp³-hybridized carbons (Fsp3) is 0.211. The Morgan fingerprint density at radius 2 is 1.44 bits per heavy atom. The maximum atomic E-state index is 13.7. The van der Waals surface area contributed by atoms with Crippen LogP contribution in [0.15, 0.2) is 109 Å². The Hall–Kier alpha value is -5.07. The van der Waals surface area contributed by atoms with Gasteiger partial charge in [-0.15, -0.1) is 11.3 Å². The number of ether oxygens (including phenoxy) is 3. The fourth-order valence-corrected chi connectivity index (χ4v) is 11.6. The lowest BCUT2D eigenvalue weighted by Gasteiger charge is -2.43. The molecular formula is C38H35F3N2O5SSi. The summed E-state index contributed by atoms with van der Waals surface area (Å²) >= 11 is 1.07. The van der Waals surface area contributed by atoms with Gasteiger partial charge >= 0.3 is 20.5 Å². The summed E-state index contributed by atoms with van der Waals surface area (Å²) in [6.45, 7) is 6.14. The highest BCUT2D eigenvalue weighted by Gasteiger charge is 2.52. The number of fused-ring (bicyclic) bond motifs is 1. The zero-order chi connectivity index (χ0) is 35.7. The minimum Gasteiger partial charge on any atom is -0.531 e. The average molecular weight is 717 g/mol. The number of carbonyl (C=O) groups excluding carboxylic acids is 1. The lowest BCUT2D eigenvalue weighted by atomic mass is 10.1. The first-order chi connectivity index (χ1) is 23.9. The smallest absolute Gasteiger partial charge is 0.416 e. The van der Waals surface area contributed by atoms with E-state index in [1.807, 2.05) is 42.5 Å². The molecule has 258 valence electrons. The minimum absolute atomic E-state index is 0.0612. The summed E-state index contributed by atoms with van der Waals surface area (Å²) in [5.74, 6) is 0.431. The molecule has 4 aromatic carbocycles. The molecule has 50 heavy (non-hydrogen) atoms. The lowest BCUT2D eigenvalue weighted by Crippen LogP contribution is -2.68. The summed E-state index contributed by atoms with van der Waals surface area (Å²) in [6.07, 6.45) is -2.96. The number of hydrogen-bond donors (Lipinski definition) is 0. The molecule has 6 rings (SSSR count). The number of aromatic nitrogens is 2. The van der Waals surface area contributed by atoms with E-state index in [1.165, 1.54) is 25.3 Å². The van der Waals surface area contributed by atoms with Gasteiger partial charge in [-0.3, -0.25) is 4.57 Å². The van der Waals surface area contributed by atoms with Crippen molar-refractivity contribution < 1.29 is 36.6 Å². The topological polar surface area (TPSA) is 71.8 Å². The van der Waals surface area contributed by atoms with Crippen molar-refractivity contribution in [2.24, 2.45) is 0 Å². The van der Waals surface area contributed by atoms with Gasteiger partial charge in [0.05, 0.1) is 30.8 Å². The van der Waals surface area contributed by atoms with Crippen LogP contribution in [0.2, 0.25) is 5.04 Å². The van der Waals surface area contributed by atoms with Crippen LogP contribution in [0.25, 0.3) is 16.0 Å². The number of benzene rings is 4. The van der Waals surface area contributed by atoms with Crippen molar-refractivity contribution >= 4 is 47.0 Å². The average Bonchev–Trinajstić information content (AvgIpc) is 3.72. The van der Waals surface area contributed by atoms with Gasteiger partial charge in [0.1, 0.15) is 29.4 Å². The van der Waals surface area contributed by atoms with Crippen LogP contribution in [0.1, 0.15) is 41.6 Å². The first-order valence-corrected chi connectivity index (χ1v) is 18.5.